The van der Waals surface area contributed by atoms with Crippen molar-refractivity contribution < 1.29 is 9.13 Å². The summed E-state index contributed by atoms with van der Waals surface area (Å²) >= 11 is 10.3. The largest absolute Gasteiger partial charge is 0.494 e. The van der Waals surface area contributed by atoms with Gasteiger partial charge in [0.2, 0.25) is 0 Å². The van der Waals surface area contributed by atoms with E-state index in [0.29, 0.717) is 12.2 Å². The van der Waals surface area contributed by atoms with Gasteiger partial charge in [0.25, 0.3) is 0 Å². The van der Waals surface area contributed by atoms with Crippen LogP contribution in [0.2, 0.25) is 0 Å². The van der Waals surface area contributed by atoms with Gasteiger partial charge in [-0.3, -0.25) is 0 Å². The Labute approximate surface area is 142 Å². The second kappa shape index (κ2) is 6.91. The van der Waals surface area contributed by atoms with Crippen molar-refractivity contribution in [2.75, 3.05) is 12.4 Å². The summed E-state index contributed by atoms with van der Waals surface area (Å²) in [6, 6.07) is 8.47. The number of nitrogens with one attached hydrogen (secondary N) is 1. The monoisotopic (exact) mass is 465 g/mol. The molecule has 0 aliphatic rings. The fraction of sp³-hybridized carbons (Fsp3) is 0.143. The number of halogens is 4. The zero-order valence-electron chi connectivity index (χ0n) is 10.5. The quantitative estimate of drug-likeness (QED) is 0.619. The zero-order valence-corrected chi connectivity index (χ0v) is 15.3. The minimum atomic E-state index is -0.271. The molecule has 0 saturated carbocycles. The van der Waals surface area contributed by atoms with Gasteiger partial charge in [-0.1, -0.05) is 0 Å². The summed E-state index contributed by atoms with van der Waals surface area (Å²) in [6.45, 7) is 0.573. The van der Waals surface area contributed by atoms with Crippen molar-refractivity contribution in [3.63, 3.8) is 0 Å². The van der Waals surface area contributed by atoms with Gasteiger partial charge in [0.15, 0.2) is 0 Å². The van der Waals surface area contributed by atoms with E-state index < -0.39 is 0 Å². The highest BCUT2D eigenvalue weighted by Gasteiger charge is 2.08. The third-order valence-corrected chi connectivity index (χ3v) is 4.54. The van der Waals surface area contributed by atoms with E-state index in [2.05, 4.69) is 53.1 Å². The van der Waals surface area contributed by atoms with Crippen LogP contribution in [-0.4, -0.2) is 7.11 Å². The maximum Gasteiger partial charge on any atom is 0.147 e. The lowest BCUT2D eigenvalue weighted by Gasteiger charge is -2.12. The molecular weight excluding hydrogens is 457 g/mol. The summed E-state index contributed by atoms with van der Waals surface area (Å²) in [4.78, 5) is 0. The number of hydrogen-bond acceptors (Lipinski definition) is 2. The molecule has 0 aromatic heterocycles. The van der Waals surface area contributed by atoms with Crippen LogP contribution in [0.25, 0.3) is 0 Å². The molecule has 2 aromatic carbocycles. The van der Waals surface area contributed by atoms with Crippen LogP contribution in [-0.2, 0) is 6.54 Å². The van der Waals surface area contributed by atoms with E-state index in [0.717, 1.165) is 24.7 Å². The fourth-order valence-corrected chi connectivity index (χ4v) is 3.73. The van der Waals surface area contributed by atoms with Crippen molar-refractivity contribution in [1.82, 2.24) is 0 Å². The number of hydrogen-bond donors (Lipinski definition) is 1. The van der Waals surface area contributed by atoms with E-state index in [1.54, 1.807) is 13.2 Å². The first kappa shape index (κ1) is 15.8. The number of rotatable bonds is 4. The average molecular weight is 468 g/mol. The predicted octanol–water partition coefficient (Wildman–Crippen LogP) is 5.73. The van der Waals surface area contributed by atoms with Crippen LogP contribution < -0.4 is 10.1 Å². The van der Waals surface area contributed by atoms with Crippen molar-refractivity contribution >= 4 is 53.5 Å². The molecule has 0 unspecified atom stereocenters. The Balaban J connectivity index is 2.17. The van der Waals surface area contributed by atoms with Crippen LogP contribution in [0, 0.1) is 5.82 Å². The van der Waals surface area contributed by atoms with E-state index in [4.69, 9.17) is 4.74 Å². The standard InChI is InChI=1S/C14H11Br3FNO/c1-20-14-11(16)4-8(5-12(14)17)7-19-13-6-9(18)2-3-10(13)15/h2-6,19H,7H2,1H3. The normalized spacial score (nSPS) is 10.4. The smallest absolute Gasteiger partial charge is 0.147 e. The Morgan fingerprint density at radius 3 is 2.30 bits per heavy atom. The first-order valence-corrected chi connectivity index (χ1v) is 8.10. The molecule has 0 amide bonds. The first-order chi connectivity index (χ1) is 9.51. The molecule has 0 aliphatic heterocycles. The molecule has 0 bridgehead atoms. The van der Waals surface area contributed by atoms with Crippen molar-refractivity contribution in [2.24, 2.45) is 0 Å². The Kier molecular flexibility index (Phi) is 5.46. The van der Waals surface area contributed by atoms with E-state index in [9.17, 15) is 4.39 Å². The predicted molar refractivity (Wildman–Crippen MR) is 89.8 cm³/mol. The Morgan fingerprint density at radius 2 is 1.70 bits per heavy atom. The van der Waals surface area contributed by atoms with Gasteiger partial charge in [0, 0.05) is 11.0 Å². The van der Waals surface area contributed by atoms with Crippen LogP contribution in [0.3, 0.4) is 0 Å². The summed E-state index contributed by atoms with van der Waals surface area (Å²) in [7, 11) is 1.62. The van der Waals surface area contributed by atoms with Crippen LogP contribution in [0.5, 0.6) is 5.75 Å². The third kappa shape index (κ3) is 3.74. The highest BCUT2D eigenvalue weighted by molar-refractivity contribution is 9.11. The number of benzene rings is 2. The van der Waals surface area contributed by atoms with E-state index in [1.165, 1.54) is 12.1 Å². The molecular formula is C14H11Br3FNO. The average Bonchev–Trinajstić information content (AvgIpc) is 2.39. The topological polar surface area (TPSA) is 21.3 Å². The van der Waals surface area contributed by atoms with Crippen LogP contribution >= 0.6 is 47.8 Å². The SMILES string of the molecule is COc1c(Br)cc(CNc2cc(F)ccc2Br)cc1Br. The molecule has 0 saturated heterocycles. The molecule has 0 spiro atoms. The Morgan fingerprint density at radius 1 is 1.05 bits per heavy atom. The Hall–Kier alpha value is -0.590. The molecule has 0 fully saturated rings. The lowest BCUT2D eigenvalue weighted by atomic mass is 10.2. The van der Waals surface area contributed by atoms with Gasteiger partial charge in [-0.05, 0) is 83.7 Å². The number of ether oxygens (including phenoxy) is 1. The lowest BCUT2D eigenvalue weighted by molar-refractivity contribution is 0.409. The maximum absolute atomic E-state index is 13.2. The van der Waals surface area contributed by atoms with Gasteiger partial charge < -0.3 is 10.1 Å². The first-order valence-electron chi connectivity index (χ1n) is 5.72. The third-order valence-electron chi connectivity index (χ3n) is 2.67. The summed E-state index contributed by atoms with van der Waals surface area (Å²) in [5, 5.41) is 3.19. The molecule has 0 atom stereocenters. The van der Waals surface area contributed by atoms with Crippen molar-refractivity contribution in [3.05, 3.63) is 55.1 Å². The van der Waals surface area contributed by atoms with Gasteiger partial charge in [-0.2, -0.15) is 0 Å². The molecule has 6 heteroatoms. The van der Waals surface area contributed by atoms with Crippen LogP contribution in [0.4, 0.5) is 10.1 Å². The van der Waals surface area contributed by atoms with Gasteiger partial charge in [0.1, 0.15) is 11.6 Å². The Bertz CT molecular complexity index is 611. The summed E-state index contributed by atoms with van der Waals surface area (Å²) in [5.41, 5.74) is 1.76. The number of anilines is 1. The highest BCUT2D eigenvalue weighted by Crippen LogP contribution is 2.34. The van der Waals surface area contributed by atoms with E-state index in [1.807, 2.05) is 12.1 Å². The molecule has 2 nitrogen and oxygen atoms in total. The molecule has 106 valence electrons. The van der Waals surface area contributed by atoms with Gasteiger partial charge in [-0.15, -0.1) is 0 Å². The minimum Gasteiger partial charge on any atom is -0.494 e. The molecule has 0 heterocycles. The summed E-state index contributed by atoms with van der Waals surface area (Å²) in [5.74, 6) is 0.480. The summed E-state index contributed by atoms with van der Waals surface area (Å²) < 4.78 is 21.0. The zero-order chi connectivity index (χ0) is 14.7. The van der Waals surface area contributed by atoms with E-state index >= 15 is 0 Å². The molecule has 2 aromatic rings. The van der Waals surface area contributed by atoms with Crippen molar-refractivity contribution in [3.8, 4) is 5.75 Å². The van der Waals surface area contributed by atoms with Crippen molar-refractivity contribution in [2.45, 2.75) is 6.54 Å². The minimum absolute atomic E-state index is 0.271. The fourth-order valence-electron chi connectivity index (χ4n) is 1.74. The van der Waals surface area contributed by atoms with E-state index in [-0.39, 0.29) is 5.82 Å². The maximum atomic E-state index is 13.2. The lowest BCUT2D eigenvalue weighted by Crippen LogP contribution is -2.01. The van der Waals surface area contributed by atoms with Crippen LogP contribution in [0.15, 0.2) is 43.7 Å². The molecule has 2 rings (SSSR count). The second-order valence-electron chi connectivity index (χ2n) is 4.07. The second-order valence-corrected chi connectivity index (χ2v) is 6.63. The number of methoxy groups -OCH3 is 1. The molecule has 20 heavy (non-hydrogen) atoms. The molecule has 1 N–H and O–H groups in total. The van der Waals surface area contributed by atoms with Gasteiger partial charge in [0.05, 0.1) is 21.7 Å². The highest BCUT2D eigenvalue weighted by atomic mass is 79.9. The molecule has 0 aliphatic carbocycles. The van der Waals surface area contributed by atoms with Crippen LogP contribution in [0.1, 0.15) is 5.56 Å². The molecule has 0 radical (unpaired) electrons. The van der Waals surface area contributed by atoms with Gasteiger partial charge in [-0.25, -0.2) is 4.39 Å². The van der Waals surface area contributed by atoms with Gasteiger partial charge >= 0.3 is 0 Å². The summed E-state index contributed by atoms with van der Waals surface area (Å²) in [6.07, 6.45) is 0. The van der Waals surface area contributed by atoms with Crippen molar-refractivity contribution in [1.29, 1.82) is 0 Å².